The minimum atomic E-state index is -0.400. The van der Waals surface area contributed by atoms with Crippen LogP contribution in [0.1, 0.15) is 31.9 Å². The van der Waals surface area contributed by atoms with Crippen molar-refractivity contribution in [1.29, 1.82) is 0 Å². The predicted molar refractivity (Wildman–Crippen MR) is 124 cm³/mol. The van der Waals surface area contributed by atoms with E-state index in [0.717, 1.165) is 23.9 Å². The lowest BCUT2D eigenvalue weighted by molar-refractivity contribution is 0.227. The zero-order chi connectivity index (χ0) is 22.4. The maximum absolute atomic E-state index is 14.8. The van der Waals surface area contributed by atoms with E-state index in [4.69, 9.17) is 27.9 Å². The van der Waals surface area contributed by atoms with Gasteiger partial charge in [0.1, 0.15) is 17.5 Å². The molecule has 1 aliphatic rings. The van der Waals surface area contributed by atoms with Gasteiger partial charge < -0.3 is 9.64 Å². The molecule has 1 N–H and O–H groups in total. The first kappa shape index (κ1) is 21.0. The first-order valence-corrected chi connectivity index (χ1v) is 11.0. The molecular formula is C23H20Cl2FN5O. The molecule has 3 aromatic heterocycles. The zero-order valence-corrected chi connectivity index (χ0v) is 19.0. The topological polar surface area (TPSA) is 66.9 Å². The molecule has 1 aliphatic heterocycles. The molecule has 1 aromatic carbocycles. The molecule has 5 rings (SSSR count). The average molecular weight is 472 g/mol. The number of nitrogens with zero attached hydrogens (tertiary/aromatic N) is 4. The number of hydrogen-bond acceptors (Lipinski definition) is 5. The molecule has 9 heteroatoms. The van der Waals surface area contributed by atoms with Crippen LogP contribution in [-0.2, 0) is 0 Å². The molecule has 0 bridgehead atoms. The summed E-state index contributed by atoms with van der Waals surface area (Å²) in [6, 6.07) is 7.34. The molecule has 0 spiro atoms. The molecule has 2 atom stereocenters. The van der Waals surface area contributed by atoms with Crippen molar-refractivity contribution in [2.45, 2.75) is 32.4 Å². The molecule has 0 saturated carbocycles. The Hall–Kier alpha value is -2.90. The highest BCUT2D eigenvalue weighted by atomic mass is 35.5. The van der Waals surface area contributed by atoms with Gasteiger partial charge in [-0.1, -0.05) is 23.2 Å². The van der Waals surface area contributed by atoms with Crippen molar-refractivity contribution in [2.75, 3.05) is 11.4 Å². The van der Waals surface area contributed by atoms with Crippen molar-refractivity contribution in [3.8, 4) is 17.0 Å². The highest BCUT2D eigenvalue weighted by Crippen LogP contribution is 2.35. The molecule has 1 saturated heterocycles. The number of benzene rings is 1. The summed E-state index contributed by atoms with van der Waals surface area (Å²) in [6.45, 7) is 4.75. The normalized spacial score (nSPS) is 16.8. The summed E-state index contributed by atoms with van der Waals surface area (Å²) >= 11 is 12.5. The quantitative estimate of drug-likeness (QED) is 0.375. The Bertz CT molecular complexity index is 1290. The van der Waals surface area contributed by atoms with Crippen molar-refractivity contribution >= 4 is 39.9 Å². The van der Waals surface area contributed by atoms with Gasteiger partial charge in [0.15, 0.2) is 11.6 Å². The van der Waals surface area contributed by atoms with Crippen molar-refractivity contribution in [2.24, 2.45) is 0 Å². The molecular weight excluding hydrogens is 452 g/mol. The van der Waals surface area contributed by atoms with Crippen LogP contribution >= 0.6 is 23.2 Å². The molecule has 164 valence electrons. The summed E-state index contributed by atoms with van der Waals surface area (Å²) in [5.41, 5.74) is 2.67. The number of fused-ring (bicyclic) bond motifs is 1. The number of aromatic nitrogens is 4. The van der Waals surface area contributed by atoms with E-state index >= 15 is 0 Å². The largest absolute Gasteiger partial charge is 0.486 e. The van der Waals surface area contributed by atoms with Gasteiger partial charge in [-0.05, 0) is 44.5 Å². The van der Waals surface area contributed by atoms with Crippen molar-refractivity contribution in [1.82, 2.24) is 20.2 Å². The van der Waals surface area contributed by atoms with E-state index in [-0.39, 0.29) is 5.82 Å². The Morgan fingerprint density at radius 2 is 1.97 bits per heavy atom. The Morgan fingerprint density at radius 1 is 1.19 bits per heavy atom. The Morgan fingerprint density at radius 3 is 2.62 bits per heavy atom. The van der Waals surface area contributed by atoms with Crippen LogP contribution in [0.15, 0.2) is 42.9 Å². The number of H-pyrrole nitrogens is 1. The lowest BCUT2D eigenvalue weighted by Gasteiger charge is -2.39. The van der Waals surface area contributed by atoms with Crippen molar-refractivity contribution < 1.29 is 9.13 Å². The van der Waals surface area contributed by atoms with Gasteiger partial charge in [0, 0.05) is 47.7 Å². The molecule has 4 heterocycles. The highest BCUT2D eigenvalue weighted by molar-refractivity contribution is 6.35. The molecule has 0 radical (unpaired) electrons. The maximum atomic E-state index is 14.8. The first-order chi connectivity index (χ1) is 15.4. The van der Waals surface area contributed by atoms with Crippen LogP contribution in [0.25, 0.3) is 22.2 Å². The maximum Gasteiger partial charge on any atom is 0.166 e. The molecule has 0 unspecified atom stereocenters. The Kier molecular flexibility index (Phi) is 5.39. The van der Waals surface area contributed by atoms with Crippen LogP contribution < -0.4 is 9.64 Å². The summed E-state index contributed by atoms with van der Waals surface area (Å²) in [5.74, 6) is 0.639. The summed E-state index contributed by atoms with van der Waals surface area (Å²) in [6.07, 6.45) is 5.37. The third-order valence-corrected chi connectivity index (χ3v) is 6.43. The van der Waals surface area contributed by atoms with E-state index < -0.39 is 6.10 Å². The number of hydrogen-bond donors (Lipinski definition) is 1. The van der Waals surface area contributed by atoms with E-state index in [9.17, 15) is 4.39 Å². The first-order valence-electron chi connectivity index (χ1n) is 10.3. The van der Waals surface area contributed by atoms with Crippen LogP contribution in [0.3, 0.4) is 0 Å². The van der Waals surface area contributed by atoms with Gasteiger partial charge in [0.25, 0.3) is 0 Å². The van der Waals surface area contributed by atoms with Crippen molar-refractivity contribution in [3.63, 3.8) is 0 Å². The molecule has 0 aliphatic carbocycles. The highest BCUT2D eigenvalue weighted by Gasteiger charge is 2.27. The van der Waals surface area contributed by atoms with Crippen LogP contribution in [0, 0.1) is 5.82 Å². The van der Waals surface area contributed by atoms with Gasteiger partial charge in [-0.25, -0.2) is 9.37 Å². The van der Waals surface area contributed by atoms with Gasteiger partial charge in [-0.3, -0.25) is 10.1 Å². The molecule has 0 amide bonds. The summed E-state index contributed by atoms with van der Waals surface area (Å²) < 4.78 is 20.9. The van der Waals surface area contributed by atoms with E-state index in [0.29, 0.717) is 44.5 Å². The fourth-order valence-electron chi connectivity index (χ4n) is 3.96. The molecule has 1 fully saturated rings. The summed E-state index contributed by atoms with van der Waals surface area (Å²) in [4.78, 5) is 10.3. The van der Waals surface area contributed by atoms with E-state index in [2.05, 4.69) is 27.1 Å². The average Bonchev–Trinajstić information content (AvgIpc) is 3.17. The minimum absolute atomic E-state index is 0.304. The molecule has 4 aromatic rings. The number of aromatic amines is 1. The van der Waals surface area contributed by atoms with E-state index in [1.165, 1.54) is 18.5 Å². The lowest BCUT2D eigenvalue weighted by atomic mass is 10.0. The van der Waals surface area contributed by atoms with Gasteiger partial charge >= 0.3 is 0 Å². The number of nitrogens with one attached hydrogen (secondary N) is 1. The van der Waals surface area contributed by atoms with Crippen molar-refractivity contribution in [3.05, 3.63) is 64.3 Å². The summed E-state index contributed by atoms with van der Waals surface area (Å²) in [7, 11) is 0. The fraction of sp³-hybridized carbons (Fsp3) is 0.261. The van der Waals surface area contributed by atoms with Crippen LogP contribution in [-0.4, -0.2) is 32.8 Å². The second-order valence-electron chi connectivity index (χ2n) is 7.92. The third kappa shape index (κ3) is 3.65. The van der Waals surface area contributed by atoms with Gasteiger partial charge in [-0.2, -0.15) is 5.10 Å². The number of pyridine rings is 2. The van der Waals surface area contributed by atoms with Gasteiger partial charge in [0.2, 0.25) is 0 Å². The van der Waals surface area contributed by atoms with E-state index in [1.54, 1.807) is 6.20 Å². The number of halogens is 3. The molecule has 32 heavy (non-hydrogen) atoms. The smallest absolute Gasteiger partial charge is 0.166 e. The monoisotopic (exact) mass is 471 g/mol. The van der Waals surface area contributed by atoms with Crippen LogP contribution in [0.2, 0.25) is 10.0 Å². The van der Waals surface area contributed by atoms with Crippen LogP contribution in [0.4, 0.5) is 10.2 Å². The minimum Gasteiger partial charge on any atom is -0.486 e. The second-order valence-corrected chi connectivity index (χ2v) is 8.73. The van der Waals surface area contributed by atoms with E-state index in [1.807, 2.05) is 30.0 Å². The Balaban J connectivity index is 1.46. The number of ether oxygens (including phenoxy) is 1. The Labute approximate surface area is 194 Å². The van der Waals surface area contributed by atoms with Crippen LogP contribution in [0.5, 0.6) is 5.75 Å². The predicted octanol–water partition coefficient (Wildman–Crippen LogP) is 6.20. The number of anilines is 1. The second kappa shape index (κ2) is 8.22. The third-order valence-electron chi connectivity index (χ3n) is 5.83. The van der Waals surface area contributed by atoms with Gasteiger partial charge in [0.05, 0.1) is 15.6 Å². The van der Waals surface area contributed by atoms with Gasteiger partial charge in [-0.15, -0.1) is 0 Å². The lowest BCUT2D eigenvalue weighted by Crippen LogP contribution is -2.46. The zero-order valence-electron chi connectivity index (χ0n) is 17.4. The number of rotatable bonds is 5. The standard InChI is InChI=1S/C23H20Cl2FN5O/c1-12-5-6-31(12)23-19(26)7-14(9-28-23)22-16-8-15(3-4-20(16)29-30-22)32-13(2)21-17(24)10-27-11-18(21)25/h3-4,7-13H,5-6H2,1-2H3,(H,29,30)/t12-,13+/m0/s1. The fourth-order valence-corrected chi connectivity index (χ4v) is 4.63. The molecule has 6 nitrogen and oxygen atoms in total. The summed E-state index contributed by atoms with van der Waals surface area (Å²) in [5, 5.41) is 9.05. The SMILES string of the molecule is C[C@@H](Oc1ccc2[nH]nc(-c3cnc(N4CC[C@@H]4C)c(F)c3)c2c1)c1c(Cl)cncc1Cl.